The lowest BCUT2D eigenvalue weighted by atomic mass is 9.66. The first kappa shape index (κ1) is 15.7. The van der Waals surface area contributed by atoms with E-state index in [0.29, 0.717) is 0 Å². The number of nitrogens with two attached hydrogens (primary N) is 1. The maximum Gasteiger partial charge on any atom is 0.122 e. The Morgan fingerprint density at radius 3 is 2.90 bits per heavy atom. The average molecular weight is 296 g/mol. The van der Waals surface area contributed by atoms with Gasteiger partial charge >= 0.3 is 0 Å². The van der Waals surface area contributed by atoms with Gasteiger partial charge in [0.2, 0.25) is 0 Å². The maximum absolute atomic E-state index is 6.16. The summed E-state index contributed by atoms with van der Waals surface area (Å²) in [5.41, 5.74) is 7.57. The van der Waals surface area contributed by atoms with Gasteiger partial charge in [-0.3, -0.25) is 0 Å². The number of hydrogen-bond acceptors (Lipinski definition) is 2. The molecule has 0 saturated heterocycles. The highest BCUT2D eigenvalue weighted by molar-refractivity contribution is 6.30. The van der Waals surface area contributed by atoms with Gasteiger partial charge in [-0.05, 0) is 60.9 Å². The minimum atomic E-state index is 0.219. The molecule has 20 heavy (non-hydrogen) atoms. The zero-order valence-corrected chi connectivity index (χ0v) is 13.4. The van der Waals surface area contributed by atoms with Crippen LogP contribution in [0.15, 0.2) is 18.2 Å². The Morgan fingerprint density at radius 2 is 2.25 bits per heavy atom. The van der Waals surface area contributed by atoms with E-state index in [9.17, 15) is 0 Å². The highest BCUT2D eigenvalue weighted by atomic mass is 35.5. The van der Waals surface area contributed by atoms with Gasteiger partial charge in [-0.25, -0.2) is 0 Å². The Balaban J connectivity index is 2.23. The van der Waals surface area contributed by atoms with Gasteiger partial charge < -0.3 is 10.5 Å². The zero-order chi connectivity index (χ0) is 14.6. The number of halogens is 1. The van der Waals surface area contributed by atoms with Crippen molar-refractivity contribution in [1.29, 1.82) is 0 Å². The maximum atomic E-state index is 6.16. The Morgan fingerprint density at radius 1 is 1.45 bits per heavy atom. The molecule has 0 heterocycles. The van der Waals surface area contributed by atoms with E-state index in [1.165, 1.54) is 37.7 Å². The number of ether oxygens (including phenoxy) is 1. The van der Waals surface area contributed by atoms with Gasteiger partial charge in [0.25, 0.3) is 0 Å². The van der Waals surface area contributed by atoms with Crippen molar-refractivity contribution in [2.24, 2.45) is 17.1 Å². The first-order valence-electron chi connectivity index (χ1n) is 7.65. The first-order valence-corrected chi connectivity index (χ1v) is 8.03. The summed E-state index contributed by atoms with van der Waals surface area (Å²) in [6.07, 6.45) is 7.33. The molecule has 1 aliphatic carbocycles. The molecule has 1 fully saturated rings. The number of methoxy groups -OCH3 is 1. The lowest BCUT2D eigenvalue weighted by Crippen LogP contribution is -2.37. The van der Waals surface area contributed by atoms with Crippen molar-refractivity contribution in [2.45, 2.75) is 45.4 Å². The van der Waals surface area contributed by atoms with E-state index < -0.39 is 0 Å². The molecule has 0 spiro atoms. The highest BCUT2D eigenvalue weighted by Gasteiger charge is 2.35. The molecule has 0 bridgehead atoms. The molecule has 0 aliphatic heterocycles. The second kappa shape index (κ2) is 6.82. The van der Waals surface area contributed by atoms with Crippen molar-refractivity contribution in [2.75, 3.05) is 13.7 Å². The van der Waals surface area contributed by atoms with Crippen LogP contribution in [0.3, 0.4) is 0 Å². The summed E-state index contributed by atoms with van der Waals surface area (Å²) in [4.78, 5) is 0. The fourth-order valence-corrected chi connectivity index (χ4v) is 3.83. The van der Waals surface area contributed by atoms with Gasteiger partial charge in [0, 0.05) is 5.02 Å². The third-order valence-electron chi connectivity index (χ3n) is 4.86. The van der Waals surface area contributed by atoms with E-state index in [4.69, 9.17) is 22.1 Å². The average Bonchev–Trinajstić information content (AvgIpc) is 2.47. The van der Waals surface area contributed by atoms with Crippen LogP contribution in [0.1, 0.15) is 44.6 Å². The quantitative estimate of drug-likeness (QED) is 0.872. The van der Waals surface area contributed by atoms with Crippen molar-refractivity contribution in [3.63, 3.8) is 0 Å². The second-order valence-corrected chi connectivity index (χ2v) is 6.64. The SMILES string of the molecule is CCC1CCCC(CN)(Cc2cc(Cl)ccc2OC)C1. The standard InChI is InChI=1S/C17H26ClNO/c1-3-13-5-4-8-17(10-13,12-19)11-14-9-15(18)6-7-16(14)20-2/h6-7,9,13H,3-5,8,10-12,19H2,1-2H3. The predicted octanol–water partition coefficient (Wildman–Crippen LogP) is 4.44. The zero-order valence-electron chi connectivity index (χ0n) is 12.6. The molecule has 3 heteroatoms. The smallest absolute Gasteiger partial charge is 0.122 e. The molecule has 2 unspecified atom stereocenters. The largest absolute Gasteiger partial charge is 0.496 e. The molecular weight excluding hydrogens is 270 g/mol. The summed E-state index contributed by atoms with van der Waals surface area (Å²) in [6, 6.07) is 5.88. The van der Waals surface area contributed by atoms with E-state index in [1.807, 2.05) is 18.2 Å². The summed E-state index contributed by atoms with van der Waals surface area (Å²) in [7, 11) is 1.72. The summed E-state index contributed by atoms with van der Waals surface area (Å²) >= 11 is 6.15. The van der Waals surface area contributed by atoms with Crippen molar-refractivity contribution in [3.8, 4) is 5.75 Å². The molecule has 0 radical (unpaired) electrons. The normalized spacial score (nSPS) is 26.5. The topological polar surface area (TPSA) is 35.2 Å². The van der Waals surface area contributed by atoms with Crippen LogP contribution < -0.4 is 10.5 Å². The van der Waals surface area contributed by atoms with Crippen LogP contribution in [-0.4, -0.2) is 13.7 Å². The third kappa shape index (κ3) is 3.48. The monoisotopic (exact) mass is 295 g/mol. The van der Waals surface area contributed by atoms with E-state index in [2.05, 4.69) is 6.92 Å². The van der Waals surface area contributed by atoms with Crippen LogP contribution in [0.25, 0.3) is 0 Å². The van der Waals surface area contributed by atoms with Gasteiger partial charge in [0.05, 0.1) is 7.11 Å². The molecule has 1 saturated carbocycles. The summed E-state index contributed by atoms with van der Waals surface area (Å²) < 4.78 is 5.49. The minimum Gasteiger partial charge on any atom is -0.496 e. The molecular formula is C17H26ClNO. The van der Waals surface area contributed by atoms with E-state index in [-0.39, 0.29) is 5.41 Å². The molecule has 2 N–H and O–H groups in total. The summed E-state index contributed by atoms with van der Waals surface area (Å²) in [5.74, 6) is 1.75. The van der Waals surface area contributed by atoms with E-state index in [1.54, 1.807) is 7.11 Å². The Bertz CT molecular complexity index is 449. The molecule has 1 aromatic carbocycles. The van der Waals surface area contributed by atoms with Crippen LogP contribution in [-0.2, 0) is 6.42 Å². The summed E-state index contributed by atoms with van der Waals surface area (Å²) in [6.45, 7) is 3.04. The minimum absolute atomic E-state index is 0.219. The summed E-state index contributed by atoms with van der Waals surface area (Å²) in [5, 5.41) is 0.774. The van der Waals surface area contributed by atoms with Crippen molar-refractivity contribution in [1.82, 2.24) is 0 Å². The number of benzene rings is 1. The molecule has 1 aromatic rings. The van der Waals surface area contributed by atoms with Crippen molar-refractivity contribution < 1.29 is 4.74 Å². The van der Waals surface area contributed by atoms with Crippen LogP contribution in [0.2, 0.25) is 5.02 Å². The Kier molecular flexibility index (Phi) is 5.34. The number of hydrogen-bond donors (Lipinski definition) is 1. The fraction of sp³-hybridized carbons (Fsp3) is 0.647. The van der Waals surface area contributed by atoms with Crippen LogP contribution in [0.5, 0.6) is 5.75 Å². The highest BCUT2D eigenvalue weighted by Crippen LogP contribution is 2.43. The van der Waals surface area contributed by atoms with Crippen molar-refractivity contribution in [3.05, 3.63) is 28.8 Å². The molecule has 2 nitrogen and oxygen atoms in total. The number of rotatable bonds is 5. The van der Waals surface area contributed by atoms with Crippen LogP contribution in [0, 0.1) is 11.3 Å². The van der Waals surface area contributed by atoms with Crippen molar-refractivity contribution >= 4 is 11.6 Å². The van der Waals surface area contributed by atoms with Crippen LogP contribution in [0.4, 0.5) is 0 Å². The predicted molar refractivity (Wildman–Crippen MR) is 85.4 cm³/mol. The van der Waals surface area contributed by atoms with Gasteiger partial charge in [-0.15, -0.1) is 0 Å². The van der Waals surface area contributed by atoms with E-state index in [0.717, 1.165) is 29.7 Å². The Hall–Kier alpha value is -0.730. The molecule has 0 amide bonds. The second-order valence-electron chi connectivity index (χ2n) is 6.21. The molecule has 1 aliphatic rings. The molecule has 0 aromatic heterocycles. The van der Waals surface area contributed by atoms with Gasteiger partial charge in [-0.1, -0.05) is 37.8 Å². The molecule has 2 atom stereocenters. The van der Waals surface area contributed by atoms with Gasteiger partial charge in [0.15, 0.2) is 0 Å². The molecule has 2 rings (SSSR count). The van der Waals surface area contributed by atoms with Crippen LogP contribution >= 0.6 is 11.6 Å². The van der Waals surface area contributed by atoms with E-state index >= 15 is 0 Å². The lowest BCUT2D eigenvalue weighted by molar-refractivity contribution is 0.141. The fourth-order valence-electron chi connectivity index (χ4n) is 3.64. The first-order chi connectivity index (χ1) is 9.62. The van der Waals surface area contributed by atoms with Gasteiger partial charge in [0.1, 0.15) is 5.75 Å². The third-order valence-corrected chi connectivity index (χ3v) is 5.09. The Labute approximate surface area is 127 Å². The molecule has 112 valence electrons. The van der Waals surface area contributed by atoms with Gasteiger partial charge in [-0.2, -0.15) is 0 Å². The lowest BCUT2D eigenvalue weighted by Gasteiger charge is -2.40.